The molecule has 118 valence electrons. The molecular weight excluding hydrogens is 306 g/mol. The van der Waals surface area contributed by atoms with E-state index < -0.39 is 0 Å². The Kier molecular flexibility index (Phi) is 3.10. The number of para-hydroxylation sites is 1. The van der Waals surface area contributed by atoms with Crippen molar-refractivity contribution in [1.29, 1.82) is 0 Å². The molecule has 0 aliphatic rings. The van der Waals surface area contributed by atoms with E-state index in [1.54, 1.807) is 0 Å². The average Bonchev–Trinajstić information content (AvgIpc) is 3.08. The maximum Gasteiger partial charge on any atom is 0.145 e. The van der Waals surface area contributed by atoms with Gasteiger partial charge in [-0.15, -0.1) is 0 Å². The Labute approximate surface area is 145 Å². The third-order valence-electron chi connectivity index (χ3n) is 4.48. The van der Waals surface area contributed by atoms with Gasteiger partial charge >= 0.3 is 0 Å². The van der Waals surface area contributed by atoms with Crippen LogP contribution in [-0.2, 0) is 0 Å². The molecule has 3 nitrogen and oxygen atoms in total. The molecule has 25 heavy (non-hydrogen) atoms. The van der Waals surface area contributed by atoms with E-state index in [9.17, 15) is 0 Å². The van der Waals surface area contributed by atoms with Crippen molar-refractivity contribution < 1.29 is 0 Å². The molecule has 2 aromatic heterocycles. The van der Waals surface area contributed by atoms with Crippen molar-refractivity contribution in [3.63, 3.8) is 0 Å². The lowest BCUT2D eigenvalue weighted by atomic mass is 10.1. The van der Waals surface area contributed by atoms with Crippen molar-refractivity contribution in [3.8, 4) is 17.1 Å². The quantitative estimate of drug-likeness (QED) is 0.445. The highest BCUT2D eigenvalue weighted by Crippen LogP contribution is 2.30. The van der Waals surface area contributed by atoms with Gasteiger partial charge in [-0.1, -0.05) is 54.6 Å². The van der Waals surface area contributed by atoms with E-state index in [0.717, 1.165) is 28.1 Å². The highest BCUT2D eigenvalue weighted by Gasteiger charge is 2.14. The van der Waals surface area contributed by atoms with E-state index >= 15 is 0 Å². The molecule has 0 atom stereocenters. The van der Waals surface area contributed by atoms with Gasteiger partial charge in [-0.25, -0.2) is 4.98 Å². The van der Waals surface area contributed by atoms with Crippen LogP contribution in [0.4, 0.5) is 0 Å². The molecule has 0 radical (unpaired) electrons. The fraction of sp³-hybridized carbons (Fsp3) is 0. The summed E-state index contributed by atoms with van der Waals surface area (Å²) in [5, 5.41) is 2.44. The summed E-state index contributed by atoms with van der Waals surface area (Å²) in [6, 6.07) is 27.2. The maximum atomic E-state index is 4.87. The smallest absolute Gasteiger partial charge is 0.145 e. The van der Waals surface area contributed by atoms with Gasteiger partial charge in [0, 0.05) is 17.4 Å². The van der Waals surface area contributed by atoms with Crippen LogP contribution in [0.5, 0.6) is 0 Å². The van der Waals surface area contributed by atoms with Gasteiger partial charge in [0.2, 0.25) is 0 Å². The second kappa shape index (κ2) is 5.56. The van der Waals surface area contributed by atoms with E-state index in [0.29, 0.717) is 0 Å². The molecule has 0 aliphatic carbocycles. The Hall–Kier alpha value is -3.46. The molecule has 0 aliphatic heterocycles. The molecule has 0 saturated heterocycles. The predicted molar refractivity (Wildman–Crippen MR) is 102 cm³/mol. The first kappa shape index (κ1) is 13.9. The molecule has 5 rings (SSSR count). The number of benzene rings is 3. The van der Waals surface area contributed by atoms with E-state index in [2.05, 4.69) is 64.1 Å². The van der Waals surface area contributed by atoms with Crippen molar-refractivity contribution in [2.24, 2.45) is 0 Å². The van der Waals surface area contributed by atoms with Gasteiger partial charge in [0.1, 0.15) is 11.3 Å². The lowest BCUT2D eigenvalue weighted by Gasteiger charge is -2.10. The molecule has 5 aromatic rings. The summed E-state index contributed by atoms with van der Waals surface area (Å²) in [5.74, 6) is 0.931. The number of fused-ring (bicyclic) bond motifs is 2. The number of nitrogens with zero attached hydrogens (tertiary/aromatic N) is 3. The minimum Gasteiger partial charge on any atom is -0.292 e. The van der Waals surface area contributed by atoms with Crippen LogP contribution in [0.3, 0.4) is 0 Å². The fourth-order valence-electron chi connectivity index (χ4n) is 3.29. The lowest BCUT2D eigenvalue weighted by molar-refractivity contribution is 1.10. The number of pyridine rings is 1. The van der Waals surface area contributed by atoms with Crippen LogP contribution in [0.2, 0.25) is 0 Å². The third-order valence-corrected chi connectivity index (χ3v) is 4.48. The Morgan fingerprint density at radius 2 is 1.52 bits per heavy atom. The van der Waals surface area contributed by atoms with E-state index in [4.69, 9.17) is 4.98 Å². The van der Waals surface area contributed by atoms with Crippen LogP contribution >= 0.6 is 0 Å². The normalized spacial score (nSPS) is 11.2. The van der Waals surface area contributed by atoms with Crippen molar-refractivity contribution in [1.82, 2.24) is 14.5 Å². The van der Waals surface area contributed by atoms with E-state index in [1.807, 2.05) is 36.7 Å². The second-order valence-electron chi connectivity index (χ2n) is 6.03. The Bertz CT molecular complexity index is 1190. The van der Waals surface area contributed by atoms with Crippen LogP contribution in [0.25, 0.3) is 38.9 Å². The van der Waals surface area contributed by atoms with Crippen LogP contribution in [0, 0.1) is 0 Å². The van der Waals surface area contributed by atoms with Crippen molar-refractivity contribution in [3.05, 3.63) is 91.3 Å². The standard InChI is InChI=1S/C22H15N3/c1-2-8-19(9-3-1)25-21-12-13-23-15-20(21)24-22(25)18-11-10-16-6-4-5-7-17(16)14-18/h1-15H. The molecule has 3 aromatic carbocycles. The van der Waals surface area contributed by atoms with E-state index in [-0.39, 0.29) is 0 Å². The first-order chi connectivity index (χ1) is 12.4. The Balaban J connectivity index is 1.83. The van der Waals surface area contributed by atoms with Gasteiger partial charge in [-0.3, -0.25) is 9.55 Å². The second-order valence-corrected chi connectivity index (χ2v) is 6.03. The lowest BCUT2D eigenvalue weighted by Crippen LogP contribution is -1.97. The molecular formula is C22H15N3. The summed E-state index contributed by atoms with van der Waals surface area (Å²) in [5.41, 5.74) is 4.15. The number of aromatic nitrogens is 3. The molecule has 0 bridgehead atoms. The fourth-order valence-corrected chi connectivity index (χ4v) is 3.29. The van der Waals surface area contributed by atoms with Crippen molar-refractivity contribution in [2.75, 3.05) is 0 Å². The van der Waals surface area contributed by atoms with Crippen molar-refractivity contribution in [2.45, 2.75) is 0 Å². The largest absolute Gasteiger partial charge is 0.292 e. The number of imidazole rings is 1. The minimum atomic E-state index is 0.898. The zero-order valence-corrected chi connectivity index (χ0v) is 13.5. The molecule has 0 fully saturated rings. The highest BCUT2D eigenvalue weighted by atomic mass is 15.1. The average molecular weight is 321 g/mol. The zero-order valence-electron chi connectivity index (χ0n) is 13.5. The van der Waals surface area contributed by atoms with Crippen LogP contribution in [-0.4, -0.2) is 14.5 Å². The topological polar surface area (TPSA) is 30.7 Å². The van der Waals surface area contributed by atoms with Crippen LogP contribution < -0.4 is 0 Å². The van der Waals surface area contributed by atoms with Crippen LogP contribution in [0.15, 0.2) is 91.3 Å². The highest BCUT2D eigenvalue weighted by molar-refractivity contribution is 5.89. The van der Waals surface area contributed by atoms with Gasteiger partial charge in [0.05, 0.1) is 11.7 Å². The van der Waals surface area contributed by atoms with Crippen molar-refractivity contribution >= 4 is 21.8 Å². The predicted octanol–water partition coefficient (Wildman–Crippen LogP) is 5.24. The SMILES string of the molecule is c1ccc(-n2c(-c3ccc4ccccc4c3)nc3cnccc32)cc1. The first-order valence-corrected chi connectivity index (χ1v) is 8.27. The van der Waals surface area contributed by atoms with Gasteiger partial charge in [-0.05, 0) is 35.0 Å². The summed E-state index contributed by atoms with van der Waals surface area (Å²) in [6.45, 7) is 0. The molecule has 2 heterocycles. The molecule has 0 N–H and O–H groups in total. The summed E-state index contributed by atoms with van der Waals surface area (Å²) in [4.78, 5) is 9.10. The summed E-state index contributed by atoms with van der Waals surface area (Å²) < 4.78 is 2.20. The minimum absolute atomic E-state index is 0.898. The van der Waals surface area contributed by atoms with Gasteiger partial charge in [0.25, 0.3) is 0 Å². The molecule has 0 amide bonds. The van der Waals surface area contributed by atoms with Crippen LogP contribution in [0.1, 0.15) is 0 Å². The monoisotopic (exact) mass is 321 g/mol. The van der Waals surface area contributed by atoms with E-state index in [1.165, 1.54) is 10.8 Å². The molecule has 0 saturated carbocycles. The zero-order chi connectivity index (χ0) is 16.6. The summed E-state index contributed by atoms with van der Waals surface area (Å²) in [6.07, 6.45) is 3.63. The molecule has 3 heteroatoms. The van der Waals surface area contributed by atoms with Gasteiger partial charge in [-0.2, -0.15) is 0 Å². The number of hydrogen-bond acceptors (Lipinski definition) is 2. The maximum absolute atomic E-state index is 4.87. The van der Waals surface area contributed by atoms with Gasteiger partial charge in [0.15, 0.2) is 0 Å². The Morgan fingerprint density at radius 3 is 2.40 bits per heavy atom. The molecule has 0 spiro atoms. The Morgan fingerprint density at radius 1 is 0.720 bits per heavy atom. The third kappa shape index (κ3) is 2.29. The van der Waals surface area contributed by atoms with Gasteiger partial charge < -0.3 is 0 Å². The number of rotatable bonds is 2. The first-order valence-electron chi connectivity index (χ1n) is 8.27. The summed E-state index contributed by atoms with van der Waals surface area (Å²) in [7, 11) is 0. The number of hydrogen-bond donors (Lipinski definition) is 0. The summed E-state index contributed by atoms with van der Waals surface area (Å²) >= 11 is 0. The molecule has 0 unspecified atom stereocenters.